The predicted molar refractivity (Wildman–Crippen MR) is 306 cm³/mol. The number of carboxylic acids is 1. The number of carbonyl (C=O) groups excluding carboxylic acids is 3. The summed E-state index contributed by atoms with van der Waals surface area (Å²) in [5, 5.41) is 11.8. The molecule has 0 N–H and O–H groups in total. The Morgan fingerprint density at radius 3 is 1.11 bits per heavy atom. The van der Waals surface area contributed by atoms with E-state index in [1.807, 2.05) is 21.1 Å². The molecule has 0 aliphatic carbocycles. The number of unbranched alkanes of at least 4 members (excludes halogenated alkanes) is 34. The third-order valence-corrected chi connectivity index (χ3v) is 13.5. The molecule has 0 aromatic carbocycles. The molecule has 2 atom stereocenters. The van der Waals surface area contributed by atoms with E-state index in [0.717, 1.165) is 51.4 Å². The van der Waals surface area contributed by atoms with E-state index in [-0.39, 0.29) is 32.2 Å². The number of hydrogen-bond donors (Lipinski definition) is 0. The summed E-state index contributed by atoms with van der Waals surface area (Å²) in [7, 11) is 5.93. The Bertz CT molecular complexity index is 1340. The van der Waals surface area contributed by atoms with Crippen molar-refractivity contribution in [2.24, 2.45) is 0 Å². The van der Waals surface area contributed by atoms with Gasteiger partial charge in [-0.2, -0.15) is 0 Å². The minimum Gasteiger partial charge on any atom is -0.545 e. The Labute approximate surface area is 451 Å². The molecule has 0 aliphatic heterocycles. The van der Waals surface area contributed by atoms with Gasteiger partial charge in [0.15, 0.2) is 12.4 Å². The number of likely N-dealkylation sites (N-methyl/N-ethyl adjacent to an activating group) is 1. The summed E-state index contributed by atoms with van der Waals surface area (Å²) in [6.45, 7) is 4.77. The summed E-state index contributed by atoms with van der Waals surface area (Å²) >= 11 is 0. The van der Waals surface area contributed by atoms with Gasteiger partial charge in [-0.1, -0.05) is 242 Å². The van der Waals surface area contributed by atoms with Crippen molar-refractivity contribution in [2.45, 2.75) is 296 Å². The van der Waals surface area contributed by atoms with Gasteiger partial charge in [0.25, 0.3) is 0 Å². The van der Waals surface area contributed by atoms with Crippen LogP contribution >= 0.6 is 0 Å². The number of nitrogens with zero attached hydrogens (tertiary/aromatic N) is 1. The maximum atomic E-state index is 12.9. The van der Waals surface area contributed by atoms with Crippen LogP contribution in [0.3, 0.4) is 0 Å². The van der Waals surface area contributed by atoms with Crippen LogP contribution in [0.15, 0.2) is 48.6 Å². The molecule has 9 heteroatoms. The third kappa shape index (κ3) is 56.8. The number of carbonyl (C=O) groups is 3. The van der Waals surface area contributed by atoms with Crippen molar-refractivity contribution >= 4 is 17.9 Å². The van der Waals surface area contributed by atoms with E-state index in [0.29, 0.717) is 23.9 Å². The van der Waals surface area contributed by atoms with Crippen LogP contribution in [0.25, 0.3) is 0 Å². The molecular weight excluding hydrogens is 911 g/mol. The molecule has 0 heterocycles. The molecular formula is C64H117NO8. The first kappa shape index (κ1) is 70.2. The monoisotopic (exact) mass is 1030 g/mol. The molecule has 0 saturated carbocycles. The highest BCUT2D eigenvalue weighted by Gasteiger charge is 2.22. The number of aliphatic carboxylic acids is 1. The molecule has 0 aliphatic rings. The minimum atomic E-state index is -1.62. The molecule has 0 bridgehead atoms. The Morgan fingerprint density at radius 2 is 0.740 bits per heavy atom. The van der Waals surface area contributed by atoms with E-state index < -0.39 is 24.3 Å². The highest BCUT2D eigenvalue weighted by Crippen LogP contribution is 2.16. The fourth-order valence-corrected chi connectivity index (χ4v) is 8.78. The Kier molecular flexibility index (Phi) is 53.4. The molecule has 426 valence electrons. The normalized spacial score (nSPS) is 13.1. The van der Waals surface area contributed by atoms with E-state index in [1.54, 1.807) is 0 Å². The number of rotatable bonds is 57. The van der Waals surface area contributed by atoms with Crippen molar-refractivity contribution in [3.63, 3.8) is 0 Å². The lowest BCUT2D eigenvalue weighted by molar-refractivity contribution is -0.870. The van der Waals surface area contributed by atoms with Gasteiger partial charge in [-0.15, -0.1) is 0 Å². The van der Waals surface area contributed by atoms with E-state index in [2.05, 4.69) is 62.5 Å². The molecule has 2 unspecified atom stereocenters. The van der Waals surface area contributed by atoms with Crippen molar-refractivity contribution in [1.29, 1.82) is 0 Å². The van der Waals surface area contributed by atoms with Crippen molar-refractivity contribution in [1.82, 2.24) is 0 Å². The van der Waals surface area contributed by atoms with E-state index in [9.17, 15) is 19.5 Å². The third-order valence-electron chi connectivity index (χ3n) is 13.5. The van der Waals surface area contributed by atoms with Crippen LogP contribution in [0.5, 0.6) is 0 Å². The summed E-state index contributed by atoms with van der Waals surface area (Å²) in [6, 6.07) is 0. The predicted octanol–water partition coefficient (Wildman–Crippen LogP) is 16.9. The van der Waals surface area contributed by atoms with Crippen LogP contribution in [0, 0.1) is 0 Å². The molecule has 73 heavy (non-hydrogen) atoms. The summed E-state index contributed by atoms with van der Waals surface area (Å²) in [6.07, 6.45) is 65.9. The molecule has 0 amide bonds. The quantitative estimate of drug-likeness (QED) is 0.0195. The summed E-state index contributed by atoms with van der Waals surface area (Å²) in [4.78, 5) is 37.3. The highest BCUT2D eigenvalue weighted by atomic mass is 16.7. The van der Waals surface area contributed by atoms with Gasteiger partial charge in [0.05, 0.1) is 40.3 Å². The van der Waals surface area contributed by atoms with Gasteiger partial charge in [0, 0.05) is 12.8 Å². The summed E-state index contributed by atoms with van der Waals surface area (Å²) in [5.74, 6) is -2.28. The molecule has 0 spiro atoms. The van der Waals surface area contributed by atoms with Crippen LogP contribution in [0.4, 0.5) is 0 Å². The zero-order valence-corrected chi connectivity index (χ0v) is 48.5. The lowest BCUT2D eigenvalue weighted by atomic mass is 10.0. The molecule has 0 saturated heterocycles. The van der Waals surface area contributed by atoms with Gasteiger partial charge in [0.2, 0.25) is 0 Å². The fraction of sp³-hybridized carbons (Fsp3) is 0.828. The second-order valence-electron chi connectivity index (χ2n) is 22.0. The summed E-state index contributed by atoms with van der Waals surface area (Å²) < 4.78 is 22.7. The zero-order valence-electron chi connectivity index (χ0n) is 48.5. The van der Waals surface area contributed by atoms with Crippen molar-refractivity contribution in [3.8, 4) is 0 Å². The average molecular weight is 1030 g/mol. The van der Waals surface area contributed by atoms with Crippen LogP contribution in [-0.2, 0) is 33.3 Å². The first-order chi connectivity index (χ1) is 35.6. The molecule has 0 aromatic rings. The number of hydrogen-bond acceptors (Lipinski definition) is 8. The lowest BCUT2D eigenvalue weighted by Gasteiger charge is -2.26. The average Bonchev–Trinajstić information content (AvgIpc) is 3.36. The van der Waals surface area contributed by atoms with Gasteiger partial charge >= 0.3 is 11.9 Å². The van der Waals surface area contributed by atoms with Gasteiger partial charge in [0.1, 0.15) is 13.2 Å². The minimum absolute atomic E-state index is 0.147. The van der Waals surface area contributed by atoms with Crippen molar-refractivity contribution < 1.29 is 42.9 Å². The number of quaternary nitrogens is 1. The molecule has 0 radical (unpaired) electrons. The highest BCUT2D eigenvalue weighted by molar-refractivity contribution is 5.70. The number of ether oxygens (including phenoxy) is 4. The smallest absolute Gasteiger partial charge is 0.306 e. The standard InChI is InChI=1S/C64H117NO8/c1-6-8-10-12-14-16-18-20-22-24-26-28-29-30-31-32-33-35-37-39-41-43-45-47-49-51-53-55-62(67)73-60(59-72-64(63(68)69)70-57-56-65(3,4)5)58-71-61(66)54-52-50-48-46-44-42-40-38-36-34-27-25-23-21-19-17-15-13-11-9-7-2/h18,20,24-27,29-30,60,64H,6-17,19,21-23,28,31-59H2,1-5H3/b20-18-,26-24-,27-25-,30-29-. The maximum Gasteiger partial charge on any atom is 0.306 e. The molecule has 0 rings (SSSR count). The first-order valence-corrected chi connectivity index (χ1v) is 30.8. The van der Waals surface area contributed by atoms with Crippen LogP contribution in [0.1, 0.15) is 284 Å². The maximum absolute atomic E-state index is 12.9. The molecule has 9 nitrogen and oxygen atoms in total. The first-order valence-electron chi connectivity index (χ1n) is 30.8. The van der Waals surface area contributed by atoms with Crippen LogP contribution in [0.2, 0.25) is 0 Å². The molecule has 0 aromatic heterocycles. The number of carboxylic acid groups (broad SMARTS) is 1. The van der Waals surface area contributed by atoms with Gasteiger partial charge in [-0.3, -0.25) is 9.59 Å². The second kappa shape index (κ2) is 55.5. The Balaban J connectivity index is 4.20. The second-order valence-corrected chi connectivity index (χ2v) is 22.0. The molecule has 0 fully saturated rings. The van der Waals surface area contributed by atoms with Gasteiger partial charge in [-0.25, -0.2) is 0 Å². The zero-order chi connectivity index (χ0) is 53.4. The topological polar surface area (TPSA) is 111 Å². The van der Waals surface area contributed by atoms with E-state index >= 15 is 0 Å². The van der Waals surface area contributed by atoms with Crippen molar-refractivity contribution in [3.05, 3.63) is 48.6 Å². The number of esters is 2. The SMILES string of the molecule is CCCCCCC/C=C\C/C=C\C/C=C\CCCCCCCCCCCCCCC(=O)OC(COC(=O)CCCCCCCCCCC/C=C\CCCCCCCCCC)COC(OCC[N+](C)(C)C)C(=O)[O-]. The van der Waals surface area contributed by atoms with E-state index in [1.165, 1.54) is 199 Å². The van der Waals surface area contributed by atoms with Crippen LogP contribution < -0.4 is 5.11 Å². The Morgan fingerprint density at radius 1 is 0.411 bits per heavy atom. The lowest BCUT2D eigenvalue weighted by Crippen LogP contribution is -2.44. The number of allylic oxidation sites excluding steroid dienone is 8. The largest absolute Gasteiger partial charge is 0.545 e. The van der Waals surface area contributed by atoms with Crippen LogP contribution in [-0.4, -0.2) is 82.3 Å². The fourth-order valence-electron chi connectivity index (χ4n) is 8.78. The van der Waals surface area contributed by atoms with Gasteiger partial charge < -0.3 is 33.3 Å². The van der Waals surface area contributed by atoms with Crippen molar-refractivity contribution in [2.75, 3.05) is 47.5 Å². The Hall–Kier alpha value is -2.75. The summed E-state index contributed by atoms with van der Waals surface area (Å²) in [5.41, 5.74) is 0. The van der Waals surface area contributed by atoms with Gasteiger partial charge in [-0.05, 0) is 77.0 Å². The van der Waals surface area contributed by atoms with E-state index in [4.69, 9.17) is 18.9 Å².